The molecule has 7 heteroatoms. The van der Waals surface area contributed by atoms with E-state index in [1.807, 2.05) is 0 Å². The highest BCUT2D eigenvalue weighted by molar-refractivity contribution is 5.68. The largest absolute Gasteiger partial charge is 0.390 e. The van der Waals surface area contributed by atoms with E-state index in [1.165, 1.54) is 0 Å². The monoisotopic (exact) mass is 291 g/mol. The van der Waals surface area contributed by atoms with E-state index < -0.39 is 68.9 Å². The molecule has 0 aliphatic carbocycles. The average Bonchev–Trinajstić information content (AvgIpc) is 3.02. The number of hydrogen-bond donors (Lipinski definition) is 2. The van der Waals surface area contributed by atoms with Crippen LogP contribution in [0.5, 0.6) is 0 Å². The zero-order valence-corrected chi connectivity index (χ0v) is 10.3. The highest BCUT2D eigenvalue weighted by Gasteiger charge is 2.14. The molecule has 0 atom stereocenters. The number of rotatable bonds is 5. The van der Waals surface area contributed by atoms with Crippen molar-refractivity contribution in [2.75, 3.05) is 0 Å². The van der Waals surface area contributed by atoms with E-state index in [2.05, 4.69) is 9.97 Å². The normalized spacial score (nSPS) is 22.9. The van der Waals surface area contributed by atoms with Gasteiger partial charge < -0.3 is 10.1 Å². The van der Waals surface area contributed by atoms with E-state index in [1.54, 1.807) is 0 Å². The summed E-state index contributed by atoms with van der Waals surface area (Å²) in [6.07, 6.45) is -3.48. The molecule has 0 saturated heterocycles. The fraction of sp³-hybridized carbons (Fsp3) is 0.615. The van der Waals surface area contributed by atoms with Gasteiger partial charge in [-0.3, -0.25) is 13.9 Å². The molecule has 0 bridgehead atoms. The van der Waals surface area contributed by atoms with Gasteiger partial charge in [0.1, 0.15) is 5.52 Å². The number of nitrogens with one attached hydrogen (secondary N) is 1. The van der Waals surface area contributed by atoms with Crippen molar-refractivity contribution in [1.82, 2.24) is 19.1 Å². The van der Waals surface area contributed by atoms with E-state index in [0.717, 1.165) is 6.33 Å². The zero-order valence-electron chi connectivity index (χ0n) is 21.3. The van der Waals surface area contributed by atoms with E-state index in [9.17, 15) is 14.7 Å². The Labute approximate surface area is 131 Å². The third-order valence-electron chi connectivity index (χ3n) is 2.65. The van der Waals surface area contributed by atoms with Gasteiger partial charge in [-0.1, -0.05) is 0 Å². The van der Waals surface area contributed by atoms with Crippen LogP contribution in [-0.4, -0.2) is 29.8 Å². The van der Waals surface area contributed by atoms with Crippen molar-refractivity contribution in [2.24, 2.45) is 6.98 Å². The molecule has 2 aromatic heterocycles. The molecule has 2 heterocycles. The van der Waals surface area contributed by atoms with Gasteiger partial charge in [-0.05, 0) is 32.9 Å². The van der Waals surface area contributed by atoms with Gasteiger partial charge in [-0.25, -0.2) is 9.78 Å². The zero-order chi connectivity index (χ0) is 24.2. The van der Waals surface area contributed by atoms with Gasteiger partial charge in [0, 0.05) is 28.6 Å². The molecule has 0 aliphatic heterocycles. The van der Waals surface area contributed by atoms with Gasteiger partial charge in [0.15, 0.2) is 5.65 Å². The van der Waals surface area contributed by atoms with Crippen LogP contribution in [-0.2, 0) is 13.5 Å². The number of aryl methyl sites for hydroxylation is 1. The van der Waals surface area contributed by atoms with Crippen molar-refractivity contribution in [1.29, 1.82) is 0 Å². The predicted octanol–water partition coefficient (Wildman–Crippen LogP) is 0.364. The smallest absolute Gasteiger partial charge is 0.332 e. The third kappa shape index (κ3) is 2.82. The maximum absolute atomic E-state index is 12.6. The molecule has 2 aromatic rings. The summed E-state index contributed by atoms with van der Waals surface area (Å²) in [6.45, 7) is -10.8. The summed E-state index contributed by atoms with van der Waals surface area (Å²) in [5.74, 6) is 0. The van der Waals surface area contributed by atoms with Crippen LogP contribution in [0.3, 0.4) is 0 Å². The van der Waals surface area contributed by atoms with Crippen molar-refractivity contribution in [3.8, 4) is 0 Å². The molecule has 0 saturated carbocycles. The molecule has 2 N–H and O–H groups in total. The summed E-state index contributed by atoms with van der Waals surface area (Å²) in [7, 11) is 0. The Hall–Kier alpha value is -1.89. The summed E-state index contributed by atoms with van der Waals surface area (Å²) >= 11 is 0. The maximum Gasteiger partial charge on any atom is 0.332 e. The summed E-state index contributed by atoms with van der Waals surface area (Å²) in [5.41, 5.74) is -6.61. The second-order valence-electron chi connectivity index (χ2n) is 4.17. The first-order valence-electron chi connectivity index (χ1n) is 11.2. The highest BCUT2D eigenvalue weighted by Crippen LogP contribution is 2.12. The maximum atomic E-state index is 12.6. The van der Waals surface area contributed by atoms with Crippen LogP contribution >= 0.6 is 0 Å². The number of aromatic amines is 1. The molecule has 0 radical (unpaired) electrons. The fourth-order valence-electron chi connectivity index (χ4n) is 1.75. The van der Waals surface area contributed by atoms with Gasteiger partial charge in [-0.2, -0.15) is 0 Å². The Kier molecular flexibility index (Phi) is 1.53. The molecule has 0 spiro atoms. The highest BCUT2D eigenvalue weighted by atomic mass is 16.3. The van der Waals surface area contributed by atoms with Crippen LogP contribution in [0.15, 0.2) is 15.9 Å². The van der Waals surface area contributed by atoms with Crippen LogP contribution < -0.4 is 11.2 Å². The number of fused-ring (bicyclic) bond motifs is 1. The van der Waals surface area contributed by atoms with Crippen molar-refractivity contribution in [3.05, 3.63) is 27.2 Å². The molecule has 20 heavy (non-hydrogen) atoms. The summed E-state index contributed by atoms with van der Waals surface area (Å²) in [5, 5.41) is 10.4. The van der Waals surface area contributed by atoms with Crippen molar-refractivity contribution in [2.45, 2.75) is 45.1 Å². The minimum Gasteiger partial charge on any atom is -0.390 e. The lowest BCUT2D eigenvalue weighted by Crippen LogP contribution is -2.39. The lowest BCUT2D eigenvalue weighted by atomic mass is 10.0. The van der Waals surface area contributed by atoms with Gasteiger partial charge in [-0.15, -0.1) is 0 Å². The molecule has 0 aliphatic rings. The Bertz CT molecular complexity index is 1060. The standard InChI is InChI=1S/C13H20N4O3/c1-13(2,20)6-4-5-7-17-11(18)9-10(15-8-14-9)16(3)12(17)19/h8,20H,4-7H2,1-3H3,(H,14,15)/i1D3,2D3,3D3,6D2. The SMILES string of the molecule is [2H]C([2H])([2H])n1c(=O)n(CCCC([2H])([2H])C(O)(C([2H])([2H])[2H])C([2H])([2H])[2H])c(=O)c2[nH]cnc21. The van der Waals surface area contributed by atoms with Crippen LogP contribution in [0.2, 0.25) is 0 Å². The second kappa shape index (κ2) is 5.24. The van der Waals surface area contributed by atoms with Gasteiger partial charge in [0.2, 0.25) is 0 Å². The first-order valence-corrected chi connectivity index (χ1v) is 5.69. The molecule has 2 rings (SSSR count). The summed E-state index contributed by atoms with van der Waals surface area (Å²) in [4.78, 5) is 31.2. The van der Waals surface area contributed by atoms with Crippen molar-refractivity contribution >= 4 is 11.2 Å². The molecular formula is C13H20N4O3. The van der Waals surface area contributed by atoms with Crippen LogP contribution in [0, 0.1) is 0 Å². The summed E-state index contributed by atoms with van der Waals surface area (Å²) in [6, 6.07) is 0. The van der Waals surface area contributed by atoms with E-state index in [4.69, 9.17) is 15.1 Å². The minimum atomic E-state index is -3.72. The van der Waals surface area contributed by atoms with Gasteiger partial charge >= 0.3 is 5.69 Å². The Morgan fingerprint density at radius 1 is 1.50 bits per heavy atom. The lowest BCUT2D eigenvalue weighted by molar-refractivity contribution is 0.0678. The fourth-order valence-corrected chi connectivity index (χ4v) is 1.75. The van der Waals surface area contributed by atoms with E-state index in [-0.39, 0.29) is 5.52 Å². The minimum absolute atomic E-state index is 0.291. The lowest BCUT2D eigenvalue weighted by Gasteiger charge is -2.16. The Morgan fingerprint density at radius 3 is 3.00 bits per heavy atom. The summed E-state index contributed by atoms with van der Waals surface area (Å²) < 4.78 is 83.2. The van der Waals surface area contributed by atoms with E-state index >= 15 is 0 Å². The number of aliphatic hydroxyl groups is 1. The third-order valence-corrected chi connectivity index (χ3v) is 2.65. The molecule has 0 amide bonds. The van der Waals surface area contributed by atoms with Gasteiger partial charge in [0.05, 0.1) is 11.9 Å². The second-order valence-corrected chi connectivity index (χ2v) is 4.17. The first kappa shape index (κ1) is 5.85. The average molecular weight is 291 g/mol. The number of H-pyrrole nitrogens is 1. The van der Waals surface area contributed by atoms with Crippen LogP contribution in [0.1, 0.15) is 48.0 Å². The van der Waals surface area contributed by atoms with E-state index in [0.29, 0.717) is 9.13 Å². The molecule has 0 aromatic carbocycles. The molecule has 0 unspecified atom stereocenters. The van der Waals surface area contributed by atoms with Crippen molar-refractivity contribution < 1.29 is 20.2 Å². The Balaban J connectivity index is 2.44. The van der Waals surface area contributed by atoms with Crippen LogP contribution in [0.25, 0.3) is 11.2 Å². The molecule has 7 nitrogen and oxygen atoms in total. The molecule has 0 fully saturated rings. The number of imidazole rings is 1. The van der Waals surface area contributed by atoms with Gasteiger partial charge in [0.25, 0.3) is 5.56 Å². The van der Waals surface area contributed by atoms with Crippen LogP contribution in [0.4, 0.5) is 0 Å². The van der Waals surface area contributed by atoms with Crippen molar-refractivity contribution in [3.63, 3.8) is 0 Å². The molecule has 110 valence electrons. The first-order chi connectivity index (χ1) is 13.8. The quantitative estimate of drug-likeness (QED) is 0.832. The Morgan fingerprint density at radius 2 is 2.30 bits per heavy atom. The number of hydrogen-bond acceptors (Lipinski definition) is 4. The number of aromatic nitrogens is 4. The topological polar surface area (TPSA) is 92.9 Å². The predicted molar refractivity (Wildman–Crippen MR) is 75.7 cm³/mol. The number of nitrogens with zero attached hydrogens (tertiary/aromatic N) is 3. The molecular weight excluding hydrogens is 260 g/mol.